The van der Waals surface area contributed by atoms with E-state index in [-0.39, 0.29) is 6.04 Å². The molecule has 17 heavy (non-hydrogen) atoms. The first-order valence-electron chi connectivity index (χ1n) is 6.75. The number of hydrogen-bond donors (Lipinski definition) is 1. The van der Waals surface area contributed by atoms with Gasteiger partial charge in [-0.1, -0.05) is 38.8 Å². The van der Waals surface area contributed by atoms with Crippen molar-refractivity contribution in [2.24, 2.45) is 5.73 Å². The summed E-state index contributed by atoms with van der Waals surface area (Å²) in [7, 11) is 2.16. The molecule has 96 valence electrons. The lowest BCUT2D eigenvalue weighted by Gasteiger charge is -2.20. The van der Waals surface area contributed by atoms with E-state index in [1.807, 2.05) is 0 Å². The average molecular weight is 234 g/mol. The fraction of sp³-hybridized carbons (Fsp3) is 0.600. The molecule has 0 aliphatic carbocycles. The minimum Gasteiger partial charge on any atom is -0.375 e. The Morgan fingerprint density at radius 1 is 1.12 bits per heavy atom. The highest BCUT2D eigenvalue weighted by Crippen LogP contribution is 2.19. The molecule has 0 aliphatic heterocycles. The summed E-state index contributed by atoms with van der Waals surface area (Å²) in [6.45, 7) is 5.49. The molecule has 0 radical (unpaired) electrons. The lowest BCUT2D eigenvalue weighted by atomic mass is 10.1. The van der Waals surface area contributed by atoms with E-state index in [2.05, 4.69) is 50.1 Å². The highest BCUT2D eigenvalue weighted by molar-refractivity contribution is 5.47. The van der Waals surface area contributed by atoms with E-state index < -0.39 is 0 Å². The van der Waals surface area contributed by atoms with Crippen molar-refractivity contribution in [3.8, 4) is 0 Å². The van der Waals surface area contributed by atoms with Crippen LogP contribution in [0.15, 0.2) is 24.3 Å². The Morgan fingerprint density at radius 3 is 2.29 bits per heavy atom. The van der Waals surface area contributed by atoms with Gasteiger partial charge < -0.3 is 10.6 Å². The van der Waals surface area contributed by atoms with Crippen molar-refractivity contribution in [1.82, 2.24) is 0 Å². The highest BCUT2D eigenvalue weighted by atomic mass is 15.1. The molecule has 1 aromatic carbocycles. The molecule has 0 aliphatic rings. The molecule has 0 bridgehead atoms. The molecule has 2 nitrogen and oxygen atoms in total. The summed E-state index contributed by atoms with van der Waals surface area (Å²) in [5.74, 6) is 0. The second-order valence-electron chi connectivity index (χ2n) is 4.73. The normalized spacial score (nSPS) is 12.5. The van der Waals surface area contributed by atoms with Crippen molar-refractivity contribution in [3.63, 3.8) is 0 Å². The predicted octanol–water partition coefficient (Wildman–Crippen LogP) is 3.72. The van der Waals surface area contributed by atoms with Crippen LogP contribution in [0.1, 0.15) is 51.1 Å². The van der Waals surface area contributed by atoms with Gasteiger partial charge >= 0.3 is 0 Å². The third kappa shape index (κ3) is 4.39. The number of unbranched alkanes of at least 4 members (excludes halogenated alkanes) is 2. The van der Waals surface area contributed by atoms with Crippen LogP contribution in [0.3, 0.4) is 0 Å². The lowest BCUT2D eigenvalue weighted by Crippen LogP contribution is -2.18. The summed E-state index contributed by atoms with van der Waals surface area (Å²) in [4.78, 5) is 2.32. The van der Waals surface area contributed by atoms with Crippen molar-refractivity contribution in [1.29, 1.82) is 0 Å². The highest BCUT2D eigenvalue weighted by Gasteiger charge is 2.04. The lowest BCUT2D eigenvalue weighted by molar-refractivity contribution is 0.696. The van der Waals surface area contributed by atoms with E-state index in [0.29, 0.717) is 0 Å². The maximum Gasteiger partial charge on any atom is 0.0363 e. The predicted molar refractivity (Wildman–Crippen MR) is 76.5 cm³/mol. The van der Waals surface area contributed by atoms with Gasteiger partial charge in [-0.25, -0.2) is 0 Å². The topological polar surface area (TPSA) is 29.3 Å². The molecule has 0 unspecified atom stereocenters. The van der Waals surface area contributed by atoms with Crippen LogP contribution in [0.5, 0.6) is 0 Å². The second kappa shape index (κ2) is 7.33. The Hall–Kier alpha value is -1.02. The molecule has 2 N–H and O–H groups in total. The first-order chi connectivity index (χ1) is 8.19. The molecule has 0 aromatic heterocycles. The monoisotopic (exact) mass is 234 g/mol. The third-order valence-electron chi connectivity index (χ3n) is 3.30. The smallest absolute Gasteiger partial charge is 0.0363 e. The molecule has 0 amide bonds. The molecule has 1 rings (SSSR count). The average Bonchev–Trinajstić information content (AvgIpc) is 2.38. The van der Waals surface area contributed by atoms with E-state index in [0.717, 1.165) is 13.0 Å². The molecular formula is C15H26N2. The van der Waals surface area contributed by atoms with Crippen LogP contribution in [0.2, 0.25) is 0 Å². The van der Waals surface area contributed by atoms with Crippen LogP contribution < -0.4 is 10.6 Å². The summed E-state index contributed by atoms with van der Waals surface area (Å²) < 4.78 is 0. The van der Waals surface area contributed by atoms with Gasteiger partial charge in [-0.2, -0.15) is 0 Å². The number of benzene rings is 1. The van der Waals surface area contributed by atoms with Gasteiger partial charge in [-0.15, -0.1) is 0 Å². The summed E-state index contributed by atoms with van der Waals surface area (Å²) in [6.07, 6.45) is 4.84. The zero-order chi connectivity index (χ0) is 12.7. The van der Waals surface area contributed by atoms with Crippen LogP contribution >= 0.6 is 0 Å². The molecule has 0 saturated carbocycles. The molecule has 1 atom stereocenters. The van der Waals surface area contributed by atoms with Gasteiger partial charge in [0.15, 0.2) is 0 Å². The van der Waals surface area contributed by atoms with Gasteiger partial charge in [0, 0.05) is 25.3 Å². The second-order valence-corrected chi connectivity index (χ2v) is 4.73. The first kappa shape index (κ1) is 14.0. The number of nitrogens with zero attached hydrogens (tertiary/aromatic N) is 1. The Balaban J connectivity index is 2.54. The molecule has 0 saturated heterocycles. The molecule has 0 heterocycles. The largest absolute Gasteiger partial charge is 0.375 e. The van der Waals surface area contributed by atoms with Gasteiger partial charge in [0.2, 0.25) is 0 Å². The number of rotatable bonds is 7. The van der Waals surface area contributed by atoms with Gasteiger partial charge in [0.05, 0.1) is 0 Å². The van der Waals surface area contributed by atoms with E-state index in [1.165, 1.54) is 30.5 Å². The minimum absolute atomic E-state index is 0.175. The van der Waals surface area contributed by atoms with Crippen molar-refractivity contribution >= 4 is 5.69 Å². The Kier molecular flexibility index (Phi) is 6.06. The summed E-state index contributed by atoms with van der Waals surface area (Å²) in [5, 5.41) is 0. The molecule has 1 aromatic rings. The number of anilines is 1. The van der Waals surface area contributed by atoms with E-state index >= 15 is 0 Å². The van der Waals surface area contributed by atoms with E-state index in [9.17, 15) is 0 Å². The Bertz CT molecular complexity index is 305. The van der Waals surface area contributed by atoms with Gasteiger partial charge in [0.25, 0.3) is 0 Å². The number of nitrogens with two attached hydrogens (primary N) is 1. The van der Waals surface area contributed by atoms with E-state index in [4.69, 9.17) is 5.73 Å². The molecular weight excluding hydrogens is 208 g/mol. The van der Waals surface area contributed by atoms with Crippen molar-refractivity contribution in [2.75, 3.05) is 18.5 Å². The van der Waals surface area contributed by atoms with E-state index in [1.54, 1.807) is 0 Å². The quantitative estimate of drug-likeness (QED) is 0.728. The number of hydrogen-bond acceptors (Lipinski definition) is 2. The zero-order valence-electron chi connectivity index (χ0n) is 11.4. The summed E-state index contributed by atoms with van der Waals surface area (Å²) >= 11 is 0. The zero-order valence-corrected chi connectivity index (χ0v) is 11.4. The van der Waals surface area contributed by atoms with Crippen LogP contribution in [-0.2, 0) is 0 Å². The van der Waals surface area contributed by atoms with Crippen LogP contribution in [0.4, 0.5) is 5.69 Å². The molecule has 2 heteroatoms. The van der Waals surface area contributed by atoms with Crippen molar-refractivity contribution in [2.45, 2.75) is 45.6 Å². The van der Waals surface area contributed by atoms with Crippen LogP contribution in [-0.4, -0.2) is 13.6 Å². The Labute approximate surface area is 106 Å². The molecule has 0 spiro atoms. The Morgan fingerprint density at radius 2 is 1.76 bits per heavy atom. The summed E-state index contributed by atoms with van der Waals surface area (Å²) in [6, 6.07) is 8.84. The first-order valence-corrected chi connectivity index (χ1v) is 6.75. The SMILES string of the molecule is CCCCCN(C)c1ccc([C@H](N)CC)cc1. The van der Waals surface area contributed by atoms with Crippen molar-refractivity contribution < 1.29 is 0 Å². The molecule has 0 fully saturated rings. The van der Waals surface area contributed by atoms with Gasteiger partial charge in [0.1, 0.15) is 0 Å². The van der Waals surface area contributed by atoms with Crippen LogP contribution in [0, 0.1) is 0 Å². The fourth-order valence-corrected chi connectivity index (χ4v) is 1.94. The maximum atomic E-state index is 6.01. The minimum atomic E-state index is 0.175. The maximum absolute atomic E-state index is 6.01. The van der Waals surface area contributed by atoms with Crippen molar-refractivity contribution in [3.05, 3.63) is 29.8 Å². The van der Waals surface area contributed by atoms with Gasteiger partial charge in [-0.05, 0) is 30.5 Å². The third-order valence-corrected chi connectivity index (χ3v) is 3.30. The van der Waals surface area contributed by atoms with Crippen LogP contribution in [0.25, 0.3) is 0 Å². The van der Waals surface area contributed by atoms with Gasteiger partial charge in [-0.3, -0.25) is 0 Å². The summed E-state index contributed by atoms with van der Waals surface area (Å²) in [5.41, 5.74) is 8.52. The fourth-order valence-electron chi connectivity index (χ4n) is 1.94. The standard InChI is InChI=1S/C15H26N2/c1-4-6-7-12-17(3)14-10-8-13(9-11-14)15(16)5-2/h8-11,15H,4-7,12,16H2,1-3H3/t15-/m1/s1.